The molecule has 0 N–H and O–H groups in total. The predicted molar refractivity (Wildman–Crippen MR) is 122 cm³/mol. The first kappa shape index (κ1) is 21.7. The monoisotopic (exact) mass is 452 g/mol. The second-order valence-electron chi connectivity index (χ2n) is 8.90. The van der Waals surface area contributed by atoms with Crippen LogP contribution in [0.15, 0.2) is 47.4 Å². The van der Waals surface area contributed by atoms with E-state index < -0.39 is 11.7 Å². The summed E-state index contributed by atoms with van der Waals surface area (Å²) in [4.78, 5) is 26.7. The number of hydrogen-bond acceptors (Lipinski definition) is 6. The Bertz CT molecular complexity index is 1030. The van der Waals surface area contributed by atoms with Gasteiger partial charge < -0.3 is 14.2 Å². The van der Waals surface area contributed by atoms with Crippen molar-refractivity contribution in [2.45, 2.75) is 67.5 Å². The fourth-order valence-corrected chi connectivity index (χ4v) is 5.87. The van der Waals surface area contributed by atoms with Crippen molar-refractivity contribution in [2.75, 3.05) is 13.2 Å². The van der Waals surface area contributed by atoms with Crippen LogP contribution in [0.25, 0.3) is 0 Å². The third kappa shape index (κ3) is 4.24. The summed E-state index contributed by atoms with van der Waals surface area (Å²) in [6.07, 6.45) is 5.10. The number of thioether (sulfide) groups is 1. The summed E-state index contributed by atoms with van der Waals surface area (Å²) in [6.45, 7) is 2.52. The van der Waals surface area contributed by atoms with Gasteiger partial charge in [0.05, 0.1) is 12.5 Å². The summed E-state index contributed by atoms with van der Waals surface area (Å²) in [5, 5.41) is 0. The van der Waals surface area contributed by atoms with E-state index in [9.17, 15) is 9.59 Å². The highest BCUT2D eigenvalue weighted by Gasteiger charge is 2.42. The van der Waals surface area contributed by atoms with Crippen molar-refractivity contribution in [1.82, 2.24) is 0 Å². The second-order valence-corrected chi connectivity index (χ2v) is 9.92. The summed E-state index contributed by atoms with van der Waals surface area (Å²) in [7, 11) is 0. The number of carbonyl (C=O) groups excluding carboxylic acids is 2. The smallest absolute Gasteiger partial charge is 0.313 e. The largest absolute Gasteiger partial charge is 0.462 e. The first-order valence-corrected chi connectivity index (χ1v) is 12.4. The number of carbonyl (C=O) groups is 2. The minimum Gasteiger partial charge on any atom is -0.462 e. The molecule has 2 heterocycles. The molecule has 2 unspecified atom stereocenters. The Hall–Kier alpha value is -2.15. The summed E-state index contributed by atoms with van der Waals surface area (Å²) in [5.74, 6) is -0.395. The molecular weight excluding hydrogens is 424 g/mol. The second kappa shape index (κ2) is 9.00. The molecule has 0 radical (unpaired) electrons. The number of ether oxygens (including phenoxy) is 3. The van der Waals surface area contributed by atoms with Gasteiger partial charge in [-0.1, -0.05) is 36.8 Å². The predicted octanol–water partition coefficient (Wildman–Crippen LogP) is 5.25. The molecule has 1 spiro atoms. The molecule has 2 atom stereocenters. The molecule has 2 aromatic carbocycles. The Labute approximate surface area is 192 Å². The van der Waals surface area contributed by atoms with Gasteiger partial charge in [0.2, 0.25) is 0 Å². The molecule has 32 heavy (non-hydrogen) atoms. The van der Waals surface area contributed by atoms with Crippen LogP contribution in [0.4, 0.5) is 0 Å². The highest BCUT2D eigenvalue weighted by Crippen LogP contribution is 2.38. The number of hydrogen-bond donors (Lipinski definition) is 0. The molecule has 2 fully saturated rings. The third-order valence-electron chi connectivity index (χ3n) is 6.69. The molecule has 2 aliphatic heterocycles. The number of fused-ring (bicyclic) bond motifs is 2. The quantitative estimate of drug-likeness (QED) is 0.591. The van der Waals surface area contributed by atoms with Crippen LogP contribution >= 0.6 is 11.8 Å². The Morgan fingerprint density at radius 1 is 1.16 bits per heavy atom. The van der Waals surface area contributed by atoms with E-state index in [2.05, 4.69) is 0 Å². The van der Waals surface area contributed by atoms with E-state index in [4.69, 9.17) is 14.2 Å². The lowest BCUT2D eigenvalue weighted by atomic mass is 9.94. The zero-order valence-electron chi connectivity index (χ0n) is 18.3. The molecule has 2 aromatic rings. The molecule has 6 heteroatoms. The fourth-order valence-electron chi connectivity index (χ4n) is 4.77. The maximum atomic E-state index is 13.0. The van der Waals surface area contributed by atoms with Crippen molar-refractivity contribution < 1.29 is 23.8 Å². The lowest BCUT2D eigenvalue weighted by Crippen LogP contribution is -2.34. The van der Waals surface area contributed by atoms with Gasteiger partial charge in [-0.3, -0.25) is 9.59 Å². The Morgan fingerprint density at radius 2 is 1.97 bits per heavy atom. The Kier molecular flexibility index (Phi) is 6.10. The number of rotatable bonds is 4. The molecule has 5 rings (SSSR count). The van der Waals surface area contributed by atoms with Gasteiger partial charge in [0.25, 0.3) is 0 Å². The molecular formula is C26H28O5S. The van der Waals surface area contributed by atoms with Gasteiger partial charge in [-0.2, -0.15) is 0 Å². The van der Waals surface area contributed by atoms with Crippen molar-refractivity contribution in [2.24, 2.45) is 0 Å². The Morgan fingerprint density at radius 3 is 2.81 bits per heavy atom. The van der Waals surface area contributed by atoms with Crippen molar-refractivity contribution in [3.63, 3.8) is 0 Å². The van der Waals surface area contributed by atoms with Crippen molar-refractivity contribution in [3.05, 3.63) is 64.7 Å². The van der Waals surface area contributed by atoms with Crippen molar-refractivity contribution in [1.29, 1.82) is 0 Å². The number of ketones is 1. The molecule has 0 amide bonds. The van der Waals surface area contributed by atoms with E-state index in [1.165, 1.54) is 6.42 Å². The zero-order valence-corrected chi connectivity index (χ0v) is 19.1. The number of esters is 1. The van der Waals surface area contributed by atoms with E-state index in [1.54, 1.807) is 11.8 Å². The standard InChI is InChI=1S/C26H28O5S/c1-17(25(28)29-14-20-15-30-26(31-20)11-5-2-6-12-26)18-9-10-22-23(13-18)32-16-19-7-3-4-8-21(19)24(22)27/h3-4,7-10,13,17,20H,2,5-6,11-12,14-16H2,1H3. The molecule has 1 aliphatic carbocycles. The summed E-state index contributed by atoms with van der Waals surface area (Å²) < 4.78 is 17.6. The first-order chi connectivity index (χ1) is 15.5. The van der Waals surface area contributed by atoms with Gasteiger partial charge in [-0.15, -0.1) is 11.8 Å². The maximum Gasteiger partial charge on any atom is 0.313 e. The number of benzene rings is 2. The van der Waals surface area contributed by atoms with E-state index >= 15 is 0 Å². The summed E-state index contributed by atoms with van der Waals surface area (Å²) >= 11 is 1.64. The van der Waals surface area contributed by atoms with Gasteiger partial charge in [0.1, 0.15) is 12.7 Å². The maximum absolute atomic E-state index is 13.0. The molecule has 1 saturated carbocycles. The SMILES string of the molecule is CC(C(=O)OCC1COC2(CCCCC2)O1)c1ccc2c(c1)SCc1ccccc1C2=O. The summed E-state index contributed by atoms with van der Waals surface area (Å²) in [5.41, 5.74) is 3.35. The van der Waals surface area contributed by atoms with Gasteiger partial charge in [0.15, 0.2) is 11.6 Å². The minimum atomic E-state index is -0.459. The van der Waals surface area contributed by atoms with Crippen LogP contribution < -0.4 is 0 Å². The lowest BCUT2D eigenvalue weighted by Gasteiger charge is -2.31. The molecule has 5 nitrogen and oxygen atoms in total. The van der Waals surface area contributed by atoms with Crippen LogP contribution in [-0.2, 0) is 24.8 Å². The van der Waals surface area contributed by atoms with E-state index in [0.29, 0.717) is 12.2 Å². The molecule has 0 aromatic heterocycles. The van der Waals surface area contributed by atoms with Crippen LogP contribution in [0.2, 0.25) is 0 Å². The van der Waals surface area contributed by atoms with Gasteiger partial charge in [-0.05, 0) is 43.0 Å². The van der Waals surface area contributed by atoms with Gasteiger partial charge in [0, 0.05) is 34.6 Å². The van der Waals surface area contributed by atoms with Crippen LogP contribution in [0.1, 0.15) is 72.0 Å². The first-order valence-electron chi connectivity index (χ1n) is 11.4. The van der Waals surface area contributed by atoms with Crippen molar-refractivity contribution in [3.8, 4) is 0 Å². The minimum absolute atomic E-state index is 0.0393. The molecule has 0 bridgehead atoms. The topological polar surface area (TPSA) is 61.8 Å². The lowest BCUT2D eigenvalue weighted by molar-refractivity contribution is -0.192. The van der Waals surface area contributed by atoms with Gasteiger partial charge >= 0.3 is 5.97 Å². The zero-order chi connectivity index (χ0) is 22.1. The summed E-state index contributed by atoms with van der Waals surface area (Å²) in [6, 6.07) is 13.4. The van der Waals surface area contributed by atoms with Crippen LogP contribution in [0.3, 0.4) is 0 Å². The van der Waals surface area contributed by atoms with E-state index in [-0.39, 0.29) is 24.5 Å². The highest BCUT2D eigenvalue weighted by molar-refractivity contribution is 7.98. The van der Waals surface area contributed by atoms with Crippen LogP contribution in [-0.4, -0.2) is 36.9 Å². The average Bonchev–Trinajstić information content (AvgIpc) is 3.15. The van der Waals surface area contributed by atoms with Gasteiger partial charge in [-0.25, -0.2) is 0 Å². The van der Waals surface area contributed by atoms with E-state index in [0.717, 1.165) is 53.0 Å². The molecule has 3 aliphatic rings. The fraction of sp³-hybridized carbons (Fsp3) is 0.462. The Balaban J connectivity index is 1.23. The van der Waals surface area contributed by atoms with E-state index in [1.807, 2.05) is 49.4 Å². The average molecular weight is 453 g/mol. The van der Waals surface area contributed by atoms with Crippen LogP contribution in [0, 0.1) is 0 Å². The van der Waals surface area contributed by atoms with Crippen LogP contribution in [0.5, 0.6) is 0 Å². The highest BCUT2D eigenvalue weighted by atomic mass is 32.2. The third-order valence-corrected chi connectivity index (χ3v) is 7.79. The van der Waals surface area contributed by atoms with Crippen molar-refractivity contribution >= 4 is 23.5 Å². The molecule has 1 saturated heterocycles. The molecule has 168 valence electrons. The normalized spacial score (nSPS) is 22.7.